The maximum absolute atomic E-state index is 12.7. The fourth-order valence-electron chi connectivity index (χ4n) is 7.16. The Balaban J connectivity index is 4.18. The summed E-state index contributed by atoms with van der Waals surface area (Å²) >= 11 is 0. The van der Waals surface area contributed by atoms with Crippen LogP contribution in [0.3, 0.4) is 0 Å². The van der Waals surface area contributed by atoms with Gasteiger partial charge in [0.1, 0.15) is 13.2 Å². The van der Waals surface area contributed by atoms with Gasteiger partial charge < -0.3 is 14.2 Å². The zero-order valence-electron chi connectivity index (χ0n) is 36.7. The minimum atomic E-state index is -0.759. The topological polar surface area (TPSA) is 78.9 Å². The van der Waals surface area contributed by atoms with E-state index in [1.54, 1.807) is 0 Å². The zero-order chi connectivity index (χ0) is 39.6. The molecule has 0 bridgehead atoms. The third kappa shape index (κ3) is 41.6. The lowest BCUT2D eigenvalue weighted by Crippen LogP contribution is -2.30. The molecule has 0 saturated heterocycles. The standard InChI is InChI=1S/C48H92O6/c1-5-7-9-11-13-14-15-16-17-18-19-20-21-22-23-28-32-36-40-47(50)53-43-45(42-52-46(49)39-35-31-26-12-10-8-6-2)54-48(51)41-37-33-29-25-24-27-30-34-38-44(3)4/h44-45H,5-43H2,1-4H3/t45-/m1/s1. The van der Waals surface area contributed by atoms with Gasteiger partial charge in [-0.25, -0.2) is 0 Å². The van der Waals surface area contributed by atoms with Crippen LogP contribution in [-0.4, -0.2) is 37.2 Å². The number of unbranched alkanes of at least 4 members (excludes halogenated alkanes) is 30. The van der Waals surface area contributed by atoms with Crippen LogP contribution < -0.4 is 0 Å². The van der Waals surface area contributed by atoms with Crippen molar-refractivity contribution >= 4 is 17.9 Å². The molecule has 0 aliphatic rings. The van der Waals surface area contributed by atoms with Gasteiger partial charge in [0.15, 0.2) is 6.10 Å². The van der Waals surface area contributed by atoms with Gasteiger partial charge in [0.2, 0.25) is 0 Å². The second kappa shape index (κ2) is 42.6. The van der Waals surface area contributed by atoms with Crippen LogP contribution >= 0.6 is 0 Å². The Labute approximate surface area is 336 Å². The minimum Gasteiger partial charge on any atom is -0.462 e. The summed E-state index contributed by atoms with van der Waals surface area (Å²) in [6.45, 7) is 8.93. The van der Waals surface area contributed by atoms with Gasteiger partial charge in [0, 0.05) is 19.3 Å². The van der Waals surface area contributed by atoms with Crippen molar-refractivity contribution in [1.29, 1.82) is 0 Å². The van der Waals surface area contributed by atoms with Crippen molar-refractivity contribution in [2.24, 2.45) is 5.92 Å². The molecule has 6 nitrogen and oxygen atoms in total. The van der Waals surface area contributed by atoms with Crippen molar-refractivity contribution in [3.8, 4) is 0 Å². The second-order valence-electron chi connectivity index (χ2n) is 16.9. The molecule has 320 valence electrons. The maximum atomic E-state index is 12.7. The van der Waals surface area contributed by atoms with Gasteiger partial charge in [0.25, 0.3) is 0 Å². The number of carbonyl (C=O) groups is 3. The number of rotatable bonds is 43. The van der Waals surface area contributed by atoms with Crippen LogP contribution in [0.2, 0.25) is 0 Å². The van der Waals surface area contributed by atoms with E-state index < -0.39 is 6.10 Å². The third-order valence-corrected chi connectivity index (χ3v) is 10.8. The predicted molar refractivity (Wildman–Crippen MR) is 229 cm³/mol. The molecule has 6 heteroatoms. The quantitative estimate of drug-likeness (QED) is 0.0349. The van der Waals surface area contributed by atoms with Gasteiger partial charge in [-0.1, -0.05) is 227 Å². The summed E-state index contributed by atoms with van der Waals surface area (Å²) in [7, 11) is 0. The Morgan fingerprint density at radius 3 is 0.907 bits per heavy atom. The van der Waals surface area contributed by atoms with Gasteiger partial charge >= 0.3 is 17.9 Å². The van der Waals surface area contributed by atoms with Gasteiger partial charge in [-0.2, -0.15) is 0 Å². The highest BCUT2D eigenvalue weighted by Crippen LogP contribution is 2.16. The molecule has 0 N–H and O–H groups in total. The molecule has 0 heterocycles. The number of ether oxygens (including phenoxy) is 3. The first kappa shape index (κ1) is 52.4. The average Bonchev–Trinajstić information content (AvgIpc) is 3.15. The Bertz CT molecular complexity index is 811. The van der Waals surface area contributed by atoms with Crippen molar-refractivity contribution in [3.63, 3.8) is 0 Å². The number of hydrogen-bond acceptors (Lipinski definition) is 6. The molecule has 0 rings (SSSR count). The van der Waals surface area contributed by atoms with Crippen molar-refractivity contribution in [1.82, 2.24) is 0 Å². The average molecular weight is 765 g/mol. The summed E-state index contributed by atoms with van der Waals surface area (Å²) in [6, 6.07) is 0. The van der Waals surface area contributed by atoms with Crippen LogP contribution in [0, 0.1) is 5.92 Å². The molecule has 0 unspecified atom stereocenters. The summed E-state index contributed by atoms with van der Waals surface area (Å²) in [5.41, 5.74) is 0. The normalized spacial score (nSPS) is 11.9. The molecular formula is C48H92O6. The molecule has 0 aromatic rings. The summed E-state index contributed by atoms with van der Waals surface area (Å²) in [5.74, 6) is -0.0665. The first-order valence-corrected chi connectivity index (χ1v) is 23.9. The molecule has 0 saturated carbocycles. The van der Waals surface area contributed by atoms with Crippen LogP contribution in [0.4, 0.5) is 0 Å². The van der Waals surface area contributed by atoms with E-state index in [4.69, 9.17) is 14.2 Å². The molecule has 54 heavy (non-hydrogen) atoms. The SMILES string of the molecule is CCCCCCCCCCCCCCCCCCCCC(=O)OC[C@@H](COC(=O)CCCCCCCCC)OC(=O)CCCCCCCCCCC(C)C. The van der Waals surface area contributed by atoms with Gasteiger partial charge in [-0.15, -0.1) is 0 Å². The Hall–Kier alpha value is -1.59. The first-order valence-electron chi connectivity index (χ1n) is 23.9. The third-order valence-electron chi connectivity index (χ3n) is 10.8. The van der Waals surface area contributed by atoms with Crippen LogP contribution in [0.1, 0.15) is 265 Å². The summed E-state index contributed by atoms with van der Waals surface area (Å²) in [5, 5.41) is 0. The van der Waals surface area contributed by atoms with Gasteiger partial charge in [0.05, 0.1) is 0 Å². The fraction of sp³-hybridized carbons (Fsp3) is 0.938. The van der Waals surface area contributed by atoms with Gasteiger partial charge in [-0.05, 0) is 25.2 Å². The number of esters is 3. The van der Waals surface area contributed by atoms with E-state index in [0.29, 0.717) is 19.3 Å². The largest absolute Gasteiger partial charge is 0.462 e. The molecule has 0 aromatic heterocycles. The Kier molecular flexibility index (Phi) is 41.3. The minimum absolute atomic E-state index is 0.0643. The molecule has 0 spiro atoms. The summed E-state index contributed by atoms with van der Waals surface area (Å²) in [6.07, 6.45) is 42.5. The van der Waals surface area contributed by atoms with Crippen LogP contribution in [0.25, 0.3) is 0 Å². The molecule has 0 aliphatic heterocycles. The highest BCUT2D eigenvalue weighted by atomic mass is 16.6. The second-order valence-corrected chi connectivity index (χ2v) is 16.9. The zero-order valence-corrected chi connectivity index (χ0v) is 36.7. The van der Waals surface area contributed by atoms with Crippen LogP contribution in [0.5, 0.6) is 0 Å². The van der Waals surface area contributed by atoms with E-state index >= 15 is 0 Å². The van der Waals surface area contributed by atoms with E-state index in [-0.39, 0.29) is 31.1 Å². The lowest BCUT2D eigenvalue weighted by atomic mass is 10.0. The van der Waals surface area contributed by atoms with Crippen LogP contribution in [-0.2, 0) is 28.6 Å². The van der Waals surface area contributed by atoms with E-state index in [9.17, 15) is 14.4 Å². The molecule has 0 aliphatic carbocycles. The van der Waals surface area contributed by atoms with E-state index in [2.05, 4.69) is 27.7 Å². The highest BCUT2D eigenvalue weighted by Gasteiger charge is 2.19. The van der Waals surface area contributed by atoms with Crippen molar-refractivity contribution in [2.45, 2.75) is 271 Å². The molecule has 0 radical (unpaired) electrons. The maximum Gasteiger partial charge on any atom is 0.306 e. The summed E-state index contributed by atoms with van der Waals surface area (Å²) in [4.78, 5) is 37.6. The predicted octanol–water partition coefficient (Wildman–Crippen LogP) is 15.1. The molecule has 0 fully saturated rings. The highest BCUT2D eigenvalue weighted by molar-refractivity contribution is 5.71. The molecule has 0 amide bonds. The van der Waals surface area contributed by atoms with E-state index in [1.165, 1.54) is 161 Å². The van der Waals surface area contributed by atoms with Crippen molar-refractivity contribution < 1.29 is 28.6 Å². The smallest absolute Gasteiger partial charge is 0.306 e. The van der Waals surface area contributed by atoms with Gasteiger partial charge in [-0.3, -0.25) is 14.4 Å². The first-order chi connectivity index (χ1) is 26.4. The summed E-state index contributed by atoms with van der Waals surface area (Å²) < 4.78 is 16.7. The Morgan fingerprint density at radius 2 is 0.611 bits per heavy atom. The number of carbonyl (C=O) groups excluding carboxylic acids is 3. The molecular weight excluding hydrogens is 673 g/mol. The van der Waals surface area contributed by atoms with Crippen molar-refractivity contribution in [3.05, 3.63) is 0 Å². The number of hydrogen-bond donors (Lipinski definition) is 0. The molecule has 1 atom stereocenters. The molecule has 0 aromatic carbocycles. The lowest BCUT2D eigenvalue weighted by Gasteiger charge is -2.18. The van der Waals surface area contributed by atoms with E-state index in [1.807, 2.05) is 0 Å². The fourth-order valence-corrected chi connectivity index (χ4v) is 7.16. The lowest BCUT2D eigenvalue weighted by molar-refractivity contribution is -0.167. The Morgan fingerprint density at radius 1 is 0.352 bits per heavy atom. The monoisotopic (exact) mass is 765 g/mol. The van der Waals surface area contributed by atoms with E-state index in [0.717, 1.165) is 63.7 Å². The van der Waals surface area contributed by atoms with Crippen molar-refractivity contribution in [2.75, 3.05) is 13.2 Å². The van der Waals surface area contributed by atoms with Crippen LogP contribution in [0.15, 0.2) is 0 Å².